The molecule has 2 fully saturated rings. The van der Waals surface area contributed by atoms with Gasteiger partial charge in [-0.1, -0.05) is 12.8 Å². The van der Waals surface area contributed by atoms with Crippen molar-refractivity contribution < 1.29 is 21.6 Å². The third kappa shape index (κ3) is 4.18. The van der Waals surface area contributed by atoms with Gasteiger partial charge in [0.15, 0.2) is 0 Å². The Kier molecular flexibility index (Phi) is 5.12. The molecular formula is C15H23N3O5S2. The highest BCUT2D eigenvalue weighted by Gasteiger charge is 2.30. The highest BCUT2D eigenvalue weighted by atomic mass is 32.2. The van der Waals surface area contributed by atoms with Crippen molar-refractivity contribution in [1.82, 2.24) is 4.72 Å². The minimum Gasteiger partial charge on any atom is -0.494 e. The summed E-state index contributed by atoms with van der Waals surface area (Å²) in [6.07, 6.45) is 4.30. The van der Waals surface area contributed by atoms with Gasteiger partial charge >= 0.3 is 0 Å². The summed E-state index contributed by atoms with van der Waals surface area (Å²) in [5.74, 6) is 0.419. The average Bonchev–Trinajstić information content (AvgIpc) is 3.15. The van der Waals surface area contributed by atoms with E-state index in [2.05, 4.69) is 9.44 Å². The van der Waals surface area contributed by atoms with E-state index in [4.69, 9.17) is 4.74 Å². The van der Waals surface area contributed by atoms with Crippen LogP contribution in [-0.4, -0.2) is 42.3 Å². The maximum absolute atomic E-state index is 12.2. The Morgan fingerprint density at radius 1 is 1.20 bits per heavy atom. The van der Waals surface area contributed by atoms with Crippen LogP contribution >= 0.6 is 0 Å². The number of nitrogens with one attached hydrogen (secondary N) is 2. The largest absolute Gasteiger partial charge is 0.494 e. The molecule has 0 radical (unpaired) electrons. The van der Waals surface area contributed by atoms with Crippen molar-refractivity contribution in [2.24, 2.45) is 0 Å². The third-order valence-corrected chi connectivity index (χ3v) is 7.48. The van der Waals surface area contributed by atoms with Crippen LogP contribution in [0.3, 0.4) is 0 Å². The van der Waals surface area contributed by atoms with Gasteiger partial charge < -0.3 is 4.74 Å². The van der Waals surface area contributed by atoms with Crippen LogP contribution < -0.4 is 18.5 Å². The summed E-state index contributed by atoms with van der Waals surface area (Å²) in [6, 6.07) is 4.57. The van der Waals surface area contributed by atoms with Crippen LogP contribution in [0.4, 0.5) is 11.4 Å². The Balaban J connectivity index is 1.79. The fourth-order valence-electron chi connectivity index (χ4n) is 3.30. The van der Waals surface area contributed by atoms with E-state index in [0.717, 1.165) is 25.7 Å². The van der Waals surface area contributed by atoms with Gasteiger partial charge in [0.25, 0.3) is 10.2 Å². The summed E-state index contributed by atoms with van der Waals surface area (Å²) in [5.41, 5.74) is 0.745. The predicted octanol–water partition coefficient (Wildman–Crippen LogP) is 1.42. The number of anilines is 2. The molecule has 1 aliphatic heterocycles. The lowest BCUT2D eigenvalue weighted by Crippen LogP contribution is -2.37. The van der Waals surface area contributed by atoms with E-state index in [1.54, 1.807) is 12.1 Å². The number of hydrogen-bond acceptors (Lipinski definition) is 5. The molecular weight excluding hydrogens is 366 g/mol. The highest BCUT2D eigenvalue weighted by molar-refractivity contribution is 7.93. The Bertz CT molecular complexity index is 833. The van der Waals surface area contributed by atoms with Crippen molar-refractivity contribution in [2.75, 3.05) is 28.4 Å². The van der Waals surface area contributed by atoms with Crippen LogP contribution in [0.15, 0.2) is 18.2 Å². The quantitative estimate of drug-likeness (QED) is 0.766. The molecule has 140 valence electrons. The van der Waals surface area contributed by atoms with Crippen LogP contribution in [0.1, 0.15) is 32.1 Å². The van der Waals surface area contributed by atoms with E-state index in [1.165, 1.54) is 17.5 Å². The molecule has 2 aliphatic rings. The Labute approximate surface area is 148 Å². The number of hydrogen-bond donors (Lipinski definition) is 2. The summed E-state index contributed by atoms with van der Waals surface area (Å²) < 4.78 is 60.3. The van der Waals surface area contributed by atoms with Gasteiger partial charge in [-0.05, 0) is 31.4 Å². The van der Waals surface area contributed by atoms with Crippen molar-refractivity contribution in [3.05, 3.63) is 18.2 Å². The molecule has 10 heteroatoms. The van der Waals surface area contributed by atoms with Gasteiger partial charge in [-0.2, -0.15) is 13.1 Å². The van der Waals surface area contributed by atoms with Crippen LogP contribution in [-0.2, 0) is 20.2 Å². The molecule has 3 rings (SSSR count). The van der Waals surface area contributed by atoms with Gasteiger partial charge in [0, 0.05) is 18.7 Å². The molecule has 2 N–H and O–H groups in total. The molecule has 1 aliphatic carbocycles. The molecule has 0 aromatic heterocycles. The van der Waals surface area contributed by atoms with E-state index in [-0.39, 0.29) is 11.8 Å². The van der Waals surface area contributed by atoms with Gasteiger partial charge in [-0.3, -0.25) is 9.03 Å². The van der Waals surface area contributed by atoms with E-state index in [9.17, 15) is 16.8 Å². The topological polar surface area (TPSA) is 105 Å². The first-order valence-electron chi connectivity index (χ1n) is 8.29. The summed E-state index contributed by atoms with van der Waals surface area (Å²) in [7, 11) is -5.59. The molecule has 0 unspecified atom stereocenters. The fraction of sp³-hybridized carbons (Fsp3) is 0.600. The molecule has 1 aromatic rings. The summed E-state index contributed by atoms with van der Waals surface area (Å²) in [5, 5.41) is 0. The number of methoxy groups -OCH3 is 1. The Hall–Kier alpha value is -1.52. The second kappa shape index (κ2) is 7.00. The van der Waals surface area contributed by atoms with Crippen molar-refractivity contribution in [2.45, 2.75) is 38.1 Å². The normalized spacial score (nSPS) is 20.8. The van der Waals surface area contributed by atoms with E-state index >= 15 is 0 Å². The predicted molar refractivity (Wildman–Crippen MR) is 96.7 cm³/mol. The molecule has 0 spiro atoms. The minimum absolute atomic E-state index is 0.0339. The first kappa shape index (κ1) is 18.3. The fourth-order valence-corrected chi connectivity index (χ4v) is 6.05. The number of nitrogens with zero attached hydrogens (tertiary/aromatic N) is 1. The van der Waals surface area contributed by atoms with Crippen molar-refractivity contribution in [3.8, 4) is 5.75 Å². The molecule has 1 heterocycles. The zero-order valence-electron chi connectivity index (χ0n) is 14.1. The monoisotopic (exact) mass is 389 g/mol. The first-order chi connectivity index (χ1) is 11.8. The highest BCUT2D eigenvalue weighted by Crippen LogP contribution is 2.35. The lowest BCUT2D eigenvalue weighted by atomic mass is 10.2. The molecule has 1 saturated carbocycles. The standard InChI is InChI=1S/C15H23N3O5S2/c1-23-15-11-13(17-25(21,22)16-12-5-2-3-6-12)7-8-14(15)18-9-4-10-24(18,19)20/h7-8,11-12,16-17H,2-6,9-10H2,1H3. The van der Waals surface area contributed by atoms with Crippen molar-refractivity contribution in [3.63, 3.8) is 0 Å². The average molecular weight is 389 g/mol. The Morgan fingerprint density at radius 3 is 2.52 bits per heavy atom. The van der Waals surface area contributed by atoms with Gasteiger partial charge in [-0.15, -0.1) is 0 Å². The molecule has 1 aromatic carbocycles. The van der Waals surface area contributed by atoms with Gasteiger partial charge in [0.1, 0.15) is 5.75 Å². The van der Waals surface area contributed by atoms with Crippen molar-refractivity contribution >= 4 is 31.6 Å². The smallest absolute Gasteiger partial charge is 0.299 e. The van der Waals surface area contributed by atoms with Gasteiger partial charge in [-0.25, -0.2) is 8.42 Å². The Morgan fingerprint density at radius 2 is 1.92 bits per heavy atom. The third-order valence-electron chi connectivity index (χ3n) is 4.48. The summed E-state index contributed by atoms with van der Waals surface area (Å²) >= 11 is 0. The lowest BCUT2D eigenvalue weighted by molar-refractivity contribution is 0.416. The van der Waals surface area contributed by atoms with E-state index in [0.29, 0.717) is 30.1 Å². The van der Waals surface area contributed by atoms with E-state index in [1.807, 2.05) is 0 Å². The molecule has 0 bridgehead atoms. The molecule has 8 nitrogen and oxygen atoms in total. The number of benzene rings is 1. The van der Waals surface area contributed by atoms with Crippen LogP contribution in [0.2, 0.25) is 0 Å². The van der Waals surface area contributed by atoms with Crippen LogP contribution in [0, 0.1) is 0 Å². The lowest BCUT2D eigenvalue weighted by Gasteiger charge is -2.21. The number of rotatable bonds is 6. The van der Waals surface area contributed by atoms with E-state index < -0.39 is 20.2 Å². The maximum Gasteiger partial charge on any atom is 0.299 e. The number of sulfonamides is 1. The zero-order valence-corrected chi connectivity index (χ0v) is 15.7. The second-order valence-electron chi connectivity index (χ2n) is 6.33. The maximum atomic E-state index is 12.2. The molecule has 1 saturated heterocycles. The van der Waals surface area contributed by atoms with Gasteiger partial charge in [0.05, 0.1) is 24.2 Å². The zero-order chi connectivity index (χ0) is 18.1. The molecule has 25 heavy (non-hydrogen) atoms. The first-order valence-corrected chi connectivity index (χ1v) is 11.4. The SMILES string of the molecule is COc1cc(NS(=O)(=O)NC2CCCC2)ccc1N1CCCS1(=O)=O. The molecule has 0 amide bonds. The molecule has 0 atom stereocenters. The summed E-state index contributed by atoms with van der Waals surface area (Å²) in [6.45, 7) is 0.396. The number of ether oxygens (including phenoxy) is 1. The van der Waals surface area contributed by atoms with Gasteiger partial charge in [0.2, 0.25) is 10.0 Å². The minimum atomic E-state index is -3.69. The summed E-state index contributed by atoms with van der Waals surface area (Å²) in [4.78, 5) is 0. The van der Waals surface area contributed by atoms with Crippen LogP contribution in [0.5, 0.6) is 5.75 Å². The van der Waals surface area contributed by atoms with Crippen LogP contribution in [0.25, 0.3) is 0 Å². The second-order valence-corrected chi connectivity index (χ2v) is 9.79. The van der Waals surface area contributed by atoms with Crippen molar-refractivity contribution in [1.29, 1.82) is 0 Å².